The van der Waals surface area contributed by atoms with Crippen LogP contribution in [0.2, 0.25) is 0 Å². The standard InChI is InChI=1S/C29H24N2O4S/c1-16-8-7-11-20(14-16)24-23(26(34)29(35)31(24)21-15-17(2)12-13-22(21)32)25(33)27-18(3)30-28(36-27)19-9-5-4-6-10-19/h4-15,24,32,34H,1-3H3. The number of carbonyl (C=O) groups is 2. The van der Waals surface area contributed by atoms with Crippen LogP contribution < -0.4 is 4.90 Å². The molecule has 4 aromatic rings. The van der Waals surface area contributed by atoms with E-state index < -0.39 is 23.5 Å². The van der Waals surface area contributed by atoms with Crippen molar-refractivity contribution in [3.05, 3.63) is 111 Å². The number of anilines is 1. The quantitative estimate of drug-likeness (QED) is 0.320. The smallest absolute Gasteiger partial charge is 0.294 e. The number of ketones is 1. The molecule has 0 spiro atoms. The van der Waals surface area contributed by atoms with E-state index in [2.05, 4.69) is 4.98 Å². The van der Waals surface area contributed by atoms with Gasteiger partial charge in [-0.2, -0.15) is 0 Å². The van der Waals surface area contributed by atoms with Gasteiger partial charge in [-0.25, -0.2) is 4.98 Å². The lowest BCUT2D eigenvalue weighted by molar-refractivity contribution is -0.117. The van der Waals surface area contributed by atoms with Crippen LogP contribution >= 0.6 is 11.3 Å². The predicted molar refractivity (Wildman–Crippen MR) is 141 cm³/mol. The number of rotatable bonds is 5. The summed E-state index contributed by atoms with van der Waals surface area (Å²) in [6.45, 7) is 5.51. The van der Waals surface area contributed by atoms with Crippen molar-refractivity contribution < 1.29 is 19.8 Å². The molecule has 0 fully saturated rings. The lowest BCUT2D eigenvalue weighted by Crippen LogP contribution is -2.31. The molecule has 6 nitrogen and oxygen atoms in total. The second-order valence-electron chi connectivity index (χ2n) is 8.87. The second kappa shape index (κ2) is 9.09. The molecule has 0 bridgehead atoms. The molecule has 0 saturated carbocycles. The maximum absolute atomic E-state index is 14.0. The zero-order valence-electron chi connectivity index (χ0n) is 20.0. The molecule has 1 amide bonds. The predicted octanol–water partition coefficient (Wildman–Crippen LogP) is 6.22. The minimum Gasteiger partial charge on any atom is -0.506 e. The monoisotopic (exact) mass is 496 g/mol. The third kappa shape index (κ3) is 3.97. The molecule has 5 rings (SSSR count). The van der Waals surface area contributed by atoms with E-state index in [0.29, 0.717) is 21.1 Å². The van der Waals surface area contributed by atoms with Crippen LogP contribution in [0.1, 0.15) is 38.1 Å². The molecule has 0 radical (unpaired) electrons. The highest BCUT2D eigenvalue weighted by Gasteiger charge is 2.46. The summed E-state index contributed by atoms with van der Waals surface area (Å²) in [7, 11) is 0. The fourth-order valence-corrected chi connectivity index (χ4v) is 5.53. The van der Waals surface area contributed by atoms with Crippen LogP contribution in [0.3, 0.4) is 0 Å². The van der Waals surface area contributed by atoms with Crippen molar-refractivity contribution in [1.82, 2.24) is 4.98 Å². The van der Waals surface area contributed by atoms with Crippen LogP contribution in [0.15, 0.2) is 84.1 Å². The van der Waals surface area contributed by atoms with Gasteiger partial charge in [0.25, 0.3) is 5.91 Å². The first-order valence-electron chi connectivity index (χ1n) is 11.5. The van der Waals surface area contributed by atoms with Crippen molar-refractivity contribution in [2.24, 2.45) is 0 Å². The summed E-state index contributed by atoms with van der Waals surface area (Å²) in [6, 6.07) is 21.0. The van der Waals surface area contributed by atoms with Crippen molar-refractivity contribution in [3.63, 3.8) is 0 Å². The Hall–Kier alpha value is -4.23. The molecule has 1 aliphatic heterocycles. The van der Waals surface area contributed by atoms with E-state index in [0.717, 1.165) is 16.7 Å². The minimum absolute atomic E-state index is 0.0298. The van der Waals surface area contributed by atoms with Gasteiger partial charge >= 0.3 is 0 Å². The van der Waals surface area contributed by atoms with E-state index in [1.807, 2.05) is 68.4 Å². The van der Waals surface area contributed by atoms with E-state index in [4.69, 9.17) is 0 Å². The van der Waals surface area contributed by atoms with Gasteiger partial charge in [0, 0.05) is 5.56 Å². The highest BCUT2D eigenvalue weighted by atomic mass is 32.1. The van der Waals surface area contributed by atoms with Crippen molar-refractivity contribution in [3.8, 4) is 16.3 Å². The Bertz CT molecular complexity index is 1540. The second-order valence-corrected chi connectivity index (χ2v) is 9.87. The number of phenolic OH excluding ortho intramolecular Hbond substituents is 1. The van der Waals surface area contributed by atoms with Gasteiger partial charge in [0.15, 0.2) is 5.76 Å². The summed E-state index contributed by atoms with van der Waals surface area (Å²) in [6.07, 6.45) is 0. The SMILES string of the molecule is Cc1cccc(C2C(C(=O)c3sc(-c4ccccc4)nc3C)=C(O)C(=O)N2c2cc(C)ccc2O)c1. The van der Waals surface area contributed by atoms with Crippen LogP contribution in [0, 0.1) is 20.8 Å². The molecule has 1 atom stereocenters. The van der Waals surface area contributed by atoms with Gasteiger partial charge in [-0.05, 0) is 44.0 Å². The number of aliphatic hydroxyl groups excluding tert-OH is 1. The summed E-state index contributed by atoms with van der Waals surface area (Å²) in [5.74, 6) is -1.94. The first-order chi connectivity index (χ1) is 17.3. The van der Waals surface area contributed by atoms with Crippen molar-refractivity contribution in [2.75, 3.05) is 4.90 Å². The zero-order valence-corrected chi connectivity index (χ0v) is 20.8. The Balaban J connectivity index is 1.67. The molecule has 1 aromatic heterocycles. The van der Waals surface area contributed by atoms with Gasteiger partial charge in [0.2, 0.25) is 5.78 Å². The van der Waals surface area contributed by atoms with Gasteiger partial charge in [0.1, 0.15) is 10.8 Å². The molecule has 0 aliphatic carbocycles. The number of aromatic hydroxyl groups is 1. The molecule has 1 unspecified atom stereocenters. The number of hydrogen-bond donors (Lipinski definition) is 2. The first kappa shape index (κ1) is 23.5. The summed E-state index contributed by atoms with van der Waals surface area (Å²) in [4.78, 5) is 33.7. The van der Waals surface area contributed by atoms with Crippen LogP contribution in [0.4, 0.5) is 5.69 Å². The number of nitrogens with zero attached hydrogens (tertiary/aromatic N) is 2. The summed E-state index contributed by atoms with van der Waals surface area (Å²) in [5.41, 5.74) is 4.02. The van der Waals surface area contributed by atoms with Gasteiger partial charge < -0.3 is 10.2 Å². The Morgan fingerprint density at radius 3 is 2.36 bits per heavy atom. The number of amides is 1. The number of aromatic nitrogens is 1. The summed E-state index contributed by atoms with van der Waals surface area (Å²) in [5, 5.41) is 22.4. The number of aliphatic hydroxyl groups is 1. The number of hydrogen-bond acceptors (Lipinski definition) is 6. The molecule has 0 saturated heterocycles. The third-order valence-electron chi connectivity index (χ3n) is 6.22. The molecular formula is C29H24N2O4S. The van der Waals surface area contributed by atoms with E-state index in [9.17, 15) is 19.8 Å². The molecule has 180 valence electrons. The van der Waals surface area contributed by atoms with Gasteiger partial charge in [-0.1, -0.05) is 66.2 Å². The lowest BCUT2D eigenvalue weighted by atomic mass is 9.93. The summed E-state index contributed by atoms with van der Waals surface area (Å²) < 4.78 is 0. The topological polar surface area (TPSA) is 90.7 Å². The van der Waals surface area contributed by atoms with E-state index >= 15 is 0 Å². The normalized spacial score (nSPS) is 15.6. The largest absolute Gasteiger partial charge is 0.506 e. The average Bonchev–Trinajstić information content (AvgIpc) is 3.38. The zero-order chi connectivity index (χ0) is 25.6. The van der Waals surface area contributed by atoms with Crippen LogP contribution in [-0.4, -0.2) is 26.9 Å². The maximum Gasteiger partial charge on any atom is 0.294 e. The molecule has 2 heterocycles. The Labute approximate surface area is 212 Å². The van der Waals surface area contributed by atoms with E-state index in [1.165, 1.54) is 22.3 Å². The Morgan fingerprint density at radius 1 is 0.917 bits per heavy atom. The van der Waals surface area contributed by atoms with Crippen molar-refractivity contribution in [2.45, 2.75) is 26.8 Å². The fourth-order valence-electron chi connectivity index (χ4n) is 4.50. The Morgan fingerprint density at radius 2 is 1.64 bits per heavy atom. The van der Waals surface area contributed by atoms with Gasteiger partial charge in [0.05, 0.1) is 27.9 Å². The average molecular weight is 497 g/mol. The van der Waals surface area contributed by atoms with E-state index in [-0.39, 0.29) is 17.0 Å². The van der Waals surface area contributed by atoms with Crippen LogP contribution in [-0.2, 0) is 4.79 Å². The first-order valence-corrected chi connectivity index (χ1v) is 12.3. The Kier molecular flexibility index (Phi) is 5.94. The molecular weight excluding hydrogens is 472 g/mol. The van der Waals surface area contributed by atoms with Crippen molar-refractivity contribution in [1.29, 1.82) is 0 Å². The van der Waals surface area contributed by atoms with Crippen molar-refractivity contribution >= 4 is 28.7 Å². The fraction of sp³-hybridized carbons (Fsp3) is 0.138. The highest BCUT2D eigenvalue weighted by molar-refractivity contribution is 7.17. The number of benzene rings is 3. The molecule has 2 N–H and O–H groups in total. The number of aryl methyl sites for hydroxylation is 3. The van der Waals surface area contributed by atoms with Crippen LogP contribution in [0.25, 0.3) is 10.6 Å². The molecule has 36 heavy (non-hydrogen) atoms. The highest BCUT2D eigenvalue weighted by Crippen LogP contribution is 2.45. The lowest BCUT2D eigenvalue weighted by Gasteiger charge is -2.28. The molecule has 7 heteroatoms. The number of thiazole rings is 1. The van der Waals surface area contributed by atoms with Gasteiger partial charge in [-0.3, -0.25) is 14.5 Å². The van der Waals surface area contributed by atoms with E-state index in [1.54, 1.807) is 19.1 Å². The molecule has 3 aromatic carbocycles. The number of phenols is 1. The van der Waals surface area contributed by atoms with Crippen LogP contribution in [0.5, 0.6) is 5.75 Å². The van der Waals surface area contributed by atoms with Gasteiger partial charge in [-0.15, -0.1) is 11.3 Å². The maximum atomic E-state index is 14.0. The number of carbonyl (C=O) groups excluding carboxylic acids is 2. The third-order valence-corrected chi connectivity index (χ3v) is 7.43. The molecule has 1 aliphatic rings. The minimum atomic E-state index is -0.917. The number of Topliss-reactive ketones (excluding diaryl/α,β-unsaturated/α-hetero) is 1. The summed E-state index contributed by atoms with van der Waals surface area (Å²) >= 11 is 1.23.